The van der Waals surface area contributed by atoms with Crippen LogP contribution in [0.15, 0.2) is 18.3 Å². The van der Waals surface area contributed by atoms with Crippen molar-refractivity contribution >= 4 is 27.6 Å². The molecule has 116 valence electrons. The van der Waals surface area contributed by atoms with Crippen molar-refractivity contribution in [2.45, 2.75) is 6.42 Å². The van der Waals surface area contributed by atoms with Crippen LogP contribution in [0.3, 0.4) is 0 Å². The van der Waals surface area contributed by atoms with Crippen LogP contribution in [0.4, 0.5) is 16.3 Å². The number of carboxylic acid groups (broad SMARTS) is 1. The molecule has 21 heavy (non-hydrogen) atoms. The van der Waals surface area contributed by atoms with Gasteiger partial charge in [0.25, 0.3) is 5.69 Å². The fraction of sp³-hybridized carbons (Fsp3) is 0.333. The highest BCUT2D eigenvalue weighted by Crippen LogP contribution is 2.11. The first kappa shape index (κ1) is 16.6. The third kappa shape index (κ3) is 6.49. The molecule has 0 saturated heterocycles. The summed E-state index contributed by atoms with van der Waals surface area (Å²) in [6.07, 6.45) is -0.154. The molecule has 0 aromatic carbocycles. The van der Waals surface area contributed by atoms with Crippen molar-refractivity contribution in [2.75, 3.05) is 17.7 Å². The Kier molecular flexibility index (Phi) is 5.80. The number of nitrogens with zero attached hydrogens (tertiary/aromatic N) is 2. The Hall–Kier alpha value is -2.47. The van der Waals surface area contributed by atoms with E-state index >= 15 is 0 Å². The smallest absolute Gasteiger partial charge is 0.404 e. The topological polar surface area (TPSA) is 164 Å². The fourth-order valence-electron chi connectivity index (χ4n) is 1.21. The molecule has 1 aromatic rings. The summed E-state index contributed by atoms with van der Waals surface area (Å²) < 4.78 is 23.1. The molecule has 11 nitrogen and oxygen atoms in total. The molecule has 1 amide bonds. The van der Waals surface area contributed by atoms with Gasteiger partial charge < -0.3 is 10.4 Å². The predicted molar refractivity (Wildman–Crippen MR) is 72.1 cm³/mol. The minimum Gasteiger partial charge on any atom is -0.465 e. The Morgan fingerprint density at radius 2 is 2.14 bits per heavy atom. The quantitative estimate of drug-likeness (QED) is 0.293. The molecule has 0 atom stereocenters. The molecular formula is C9H13N5O6S. The minimum absolute atomic E-state index is 0.00598. The van der Waals surface area contributed by atoms with Crippen LogP contribution in [-0.2, 0) is 10.0 Å². The van der Waals surface area contributed by atoms with Gasteiger partial charge in [-0.15, -0.1) is 4.83 Å². The predicted octanol–water partition coefficient (Wildman–Crippen LogP) is -0.106. The van der Waals surface area contributed by atoms with E-state index in [1.807, 2.05) is 10.1 Å². The molecule has 1 rings (SSSR count). The number of aromatic nitrogens is 1. The Balaban J connectivity index is 2.42. The molecule has 0 spiro atoms. The summed E-state index contributed by atoms with van der Waals surface area (Å²) in [5, 5.41) is 20.8. The van der Waals surface area contributed by atoms with Crippen LogP contribution < -0.4 is 15.6 Å². The highest BCUT2D eigenvalue weighted by molar-refractivity contribution is 7.89. The summed E-state index contributed by atoms with van der Waals surface area (Å²) in [6.45, 7) is 0.00598. The monoisotopic (exact) mass is 319 g/mol. The van der Waals surface area contributed by atoms with Crippen molar-refractivity contribution in [3.05, 3.63) is 28.4 Å². The van der Waals surface area contributed by atoms with Crippen molar-refractivity contribution in [1.82, 2.24) is 15.1 Å². The first-order valence-corrected chi connectivity index (χ1v) is 7.28. The number of anilines is 1. The van der Waals surface area contributed by atoms with Gasteiger partial charge in [0.1, 0.15) is 12.0 Å². The molecule has 0 unspecified atom stereocenters. The maximum absolute atomic E-state index is 11.5. The lowest BCUT2D eigenvalue weighted by Crippen LogP contribution is -2.33. The Labute approximate surface area is 119 Å². The van der Waals surface area contributed by atoms with Gasteiger partial charge >= 0.3 is 6.09 Å². The van der Waals surface area contributed by atoms with Crippen molar-refractivity contribution in [1.29, 1.82) is 0 Å². The number of rotatable bonds is 8. The highest BCUT2D eigenvalue weighted by Gasteiger charge is 2.11. The number of hydrazine groups is 1. The van der Waals surface area contributed by atoms with Crippen LogP contribution in [0.1, 0.15) is 6.42 Å². The number of nitro groups is 1. The van der Waals surface area contributed by atoms with Gasteiger partial charge in [0.2, 0.25) is 10.0 Å². The van der Waals surface area contributed by atoms with E-state index in [0.717, 1.165) is 6.20 Å². The lowest BCUT2D eigenvalue weighted by molar-refractivity contribution is -0.385. The van der Waals surface area contributed by atoms with E-state index in [1.54, 1.807) is 0 Å². The average Bonchev–Trinajstić information content (AvgIpc) is 2.42. The SMILES string of the molecule is O=C(O)NCCCS(=O)(=O)NNc1ccc([N+](=O)[O-])cn1. The molecule has 12 heteroatoms. The van der Waals surface area contributed by atoms with E-state index in [-0.39, 0.29) is 30.2 Å². The van der Waals surface area contributed by atoms with Crippen LogP contribution in [0.25, 0.3) is 0 Å². The third-order valence-electron chi connectivity index (χ3n) is 2.16. The molecule has 0 bridgehead atoms. The van der Waals surface area contributed by atoms with Gasteiger partial charge in [0.15, 0.2) is 0 Å². The van der Waals surface area contributed by atoms with Crippen LogP contribution in [-0.4, -0.2) is 41.8 Å². The molecule has 0 aliphatic heterocycles. The normalized spacial score (nSPS) is 10.9. The molecule has 1 aromatic heterocycles. The molecule has 4 N–H and O–H groups in total. The van der Waals surface area contributed by atoms with E-state index in [4.69, 9.17) is 5.11 Å². The van der Waals surface area contributed by atoms with E-state index in [9.17, 15) is 23.3 Å². The van der Waals surface area contributed by atoms with Gasteiger partial charge in [0.05, 0.1) is 10.7 Å². The number of pyridine rings is 1. The van der Waals surface area contributed by atoms with E-state index in [0.29, 0.717) is 0 Å². The van der Waals surface area contributed by atoms with Gasteiger partial charge in [-0.05, 0) is 12.5 Å². The molecule has 0 aliphatic rings. The second kappa shape index (κ2) is 7.35. The summed E-state index contributed by atoms with van der Waals surface area (Å²) >= 11 is 0. The van der Waals surface area contributed by atoms with Gasteiger partial charge in [-0.25, -0.2) is 18.2 Å². The van der Waals surface area contributed by atoms with Gasteiger partial charge in [0, 0.05) is 12.6 Å². The standard InChI is InChI=1S/C9H13N5O6S/c15-9(16)10-4-1-5-21(19,20)13-12-8-3-2-7(6-11-8)14(17)18/h2-3,6,10,13H,1,4-5H2,(H,11,12)(H,15,16). The summed E-state index contributed by atoms with van der Waals surface area (Å²) in [6, 6.07) is 2.41. The van der Waals surface area contributed by atoms with Crippen molar-refractivity contribution in [2.24, 2.45) is 0 Å². The molecule has 0 aliphatic carbocycles. The van der Waals surface area contributed by atoms with Crippen molar-refractivity contribution in [3.8, 4) is 0 Å². The Morgan fingerprint density at radius 3 is 2.67 bits per heavy atom. The van der Waals surface area contributed by atoms with Gasteiger partial charge in [-0.2, -0.15) is 0 Å². The largest absolute Gasteiger partial charge is 0.465 e. The van der Waals surface area contributed by atoms with Crippen LogP contribution >= 0.6 is 0 Å². The summed E-state index contributed by atoms with van der Waals surface area (Å²) in [5.41, 5.74) is 2.07. The number of nitrogens with one attached hydrogen (secondary N) is 3. The fourth-order valence-corrected chi connectivity index (χ4v) is 2.09. The number of hydrogen-bond donors (Lipinski definition) is 4. The van der Waals surface area contributed by atoms with Crippen molar-refractivity contribution < 1.29 is 23.2 Å². The minimum atomic E-state index is -3.67. The molecule has 0 fully saturated rings. The zero-order valence-electron chi connectivity index (χ0n) is 10.6. The van der Waals surface area contributed by atoms with E-state index in [1.165, 1.54) is 12.1 Å². The Morgan fingerprint density at radius 1 is 1.43 bits per heavy atom. The van der Waals surface area contributed by atoms with Crippen LogP contribution in [0.2, 0.25) is 0 Å². The molecule has 0 saturated carbocycles. The zero-order chi connectivity index (χ0) is 15.9. The molecule has 0 radical (unpaired) electrons. The third-order valence-corrected chi connectivity index (χ3v) is 3.40. The van der Waals surface area contributed by atoms with Gasteiger partial charge in [-0.3, -0.25) is 15.5 Å². The lowest BCUT2D eigenvalue weighted by Gasteiger charge is -2.08. The first-order valence-electron chi connectivity index (χ1n) is 5.63. The van der Waals surface area contributed by atoms with E-state index < -0.39 is 21.0 Å². The average molecular weight is 319 g/mol. The Bertz CT molecular complexity index is 602. The highest BCUT2D eigenvalue weighted by atomic mass is 32.2. The van der Waals surface area contributed by atoms with Crippen LogP contribution in [0.5, 0.6) is 0 Å². The lowest BCUT2D eigenvalue weighted by atomic mass is 10.4. The number of amides is 1. The maximum Gasteiger partial charge on any atom is 0.404 e. The van der Waals surface area contributed by atoms with Crippen molar-refractivity contribution in [3.63, 3.8) is 0 Å². The number of hydrogen-bond acceptors (Lipinski definition) is 7. The van der Waals surface area contributed by atoms with Crippen LogP contribution in [0, 0.1) is 10.1 Å². The zero-order valence-corrected chi connectivity index (χ0v) is 11.5. The second-order valence-electron chi connectivity index (χ2n) is 3.79. The number of carbonyl (C=O) groups is 1. The second-order valence-corrected chi connectivity index (χ2v) is 5.63. The first-order chi connectivity index (χ1) is 9.80. The molecular weight excluding hydrogens is 306 g/mol. The summed E-state index contributed by atoms with van der Waals surface area (Å²) in [7, 11) is -3.67. The molecule has 1 heterocycles. The summed E-state index contributed by atoms with van der Waals surface area (Å²) in [5.74, 6) is -0.208. The van der Waals surface area contributed by atoms with Gasteiger partial charge in [-0.1, -0.05) is 0 Å². The summed E-state index contributed by atoms with van der Waals surface area (Å²) in [4.78, 5) is 25.6. The van der Waals surface area contributed by atoms with E-state index in [2.05, 4.69) is 10.4 Å². The number of sulfonamides is 1. The maximum atomic E-state index is 11.5.